The highest BCUT2D eigenvalue weighted by Crippen LogP contribution is 2.13. The maximum Gasteiger partial charge on any atom is 0.430 e. The number of aliphatic carboxylic acids is 4. The Morgan fingerprint density at radius 1 is 0.484 bits per heavy atom. The van der Waals surface area contributed by atoms with Crippen molar-refractivity contribution in [2.75, 3.05) is 0 Å². The second-order valence-corrected chi connectivity index (χ2v) is 15.9. The van der Waals surface area contributed by atoms with E-state index < -0.39 is 102 Å². The summed E-state index contributed by atoms with van der Waals surface area (Å²) in [5, 5.41) is 52.1. The number of hydrogen-bond acceptors (Lipinski definition) is 11. The van der Waals surface area contributed by atoms with Gasteiger partial charge in [0.1, 0.15) is 5.97 Å². The van der Waals surface area contributed by atoms with Crippen molar-refractivity contribution in [2.45, 2.75) is 168 Å². The van der Waals surface area contributed by atoms with Gasteiger partial charge >= 0.3 is 24.1 Å². The van der Waals surface area contributed by atoms with Gasteiger partial charge in [-0.3, -0.25) is 43.2 Å². The molecule has 0 spiro atoms. The van der Waals surface area contributed by atoms with Gasteiger partial charge in [0.05, 0.1) is 18.9 Å². The van der Waals surface area contributed by atoms with Crippen LogP contribution < -0.4 is 42.7 Å². The van der Waals surface area contributed by atoms with Gasteiger partial charge in [0.2, 0.25) is 35.4 Å². The highest BCUT2D eigenvalue weighted by Gasteiger charge is 2.29. The topological polar surface area (TPSA) is 354 Å². The summed E-state index contributed by atoms with van der Waals surface area (Å²) in [5.74, 6) is -9.45. The van der Waals surface area contributed by atoms with Crippen molar-refractivity contribution in [3.63, 3.8) is 0 Å². The lowest BCUT2D eigenvalue weighted by atomic mass is 9.98. The molecule has 24 heteroatoms. The molecule has 0 saturated carbocycles. The molecule has 0 aromatic rings. The number of carboxylic acid groups (broad SMARTS) is 4. The summed E-state index contributed by atoms with van der Waals surface area (Å²) in [4.78, 5) is 118. The molecule has 356 valence electrons. The van der Waals surface area contributed by atoms with Crippen molar-refractivity contribution in [3.8, 4) is 0 Å². The van der Waals surface area contributed by atoms with Crippen LogP contribution in [0.3, 0.4) is 0 Å². The molecule has 0 aromatic heterocycles. The van der Waals surface area contributed by atoms with E-state index in [1.54, 1.807) is 34.6 Å². The third-order valence-corrected chi connectivity index (χ3v) is 8.67. The first-order valence-electron chi connectivity index (χ1n) is 19.9. The van der Waals surface area contributed by atoms with Gasteiger partial charge in [-0.1, -0.05) is 27.7 Å². The van der Waals surface area contributed by atoms with Crippen LogP contribution in [0, 0.1) is 11.8 Å². The van der Waals surface area contributed by atoms with Crippen LogP contribution in [0.25, 0.3) is 0 Å². The van der Waals surface area contributed by atoms with Gasteiger partial charge in [0.15, 0.2) is 0 Å². The first kappa shape index (κ1) is 58.5. The highest BCUT2D eigenvalue weighted by atomic mass is 19.4. The molecule has 62 heavy (non-hydrogen) atoms. The predicted octanol–water partition coefficient (Wildman–Crippen LogP) is -1.28. The maximum absolute atomic E-state index is 13.1. The molecule has 0 bridgehead atoms. The molecule has 0 aliphatic rings. The third kappa shape index (κ3) is 31.3. The molecule has 0 aliphatic carbocycles. The Morgan fingerprint density at radius 3 is 1.11 bits per heavy atom. The summed E-state index contributed by atoms with van der Waals surface area (Å²) in [7, 11) is 0. The predicted molar refractivity (Wildman–Crippen MR) is 210 cm³/mol. The monoisotopic (exact) mass is 899 g/mol. The van der Waals surface area contributed by atoms with Crippen LogP contribution in [-0.2, 0) is 47.9 Å². The highest BCUT2D eigenvalue weighted by molar-refractivity contribution is 5.84. The molecule has 0 saturated heterocycles. The van der Waals surface area contributed by atoms with E-state index in [-0.39, 0.29) is 88.0 Å². The van der Waals surface area contributed by atoms with Crippen LogP contribution in [0.5, 0.6) is 0 Å². The number of alkyl halides is 3. The lowest BCUT2D eigenvalue weighted by Gasteiger charge is -2.26. The number of amides is 6. The molecule has 0 unspecified atom stereocenters. The Balaban J connectivity index is 0. The normalized spacial score (nSPS) is 14.5. The Kier molecular flexibility index (Phi) is 28.0. The summed E-state index contributed by atoms with van der Waals surface area (Å²) in [6.45, 7) is 12.2. The quantitative estimate of drug-likeness (QED) is 0.0438. The SMILES string of the molecule is CC(C)[C@@H](CC(=O)N[C@@H](CCC(=O)O)CC(=O)N[C@H](CC(=O)N[C@@H](C)CC(=O)N[C@@H](C)CC(=O)N[C@@H](CCC(=O)O)CC(=O)O)C(C)C)NC(=O)C[C@H](C)[NH3+].O=C([O-])C(F)(F)F. The van der Waals surface area contributed by atoms with Crippen LogP contribution in [0.4, 0.5) is 13.2 Å². The van der Waals surface area contributed by atoms with Crippen LogP contribution in [0.2, 0.25) is 0 Å². The van der Waals surface area contributed by atoms with Gasteiger partial charge in [-0.25, -0.2) is 0 Å². The molecular formula is C38H64F3N7O14. The van der Waals surface area contributed by atoms with E-state index in [1.165, 1.54) is 0 Å². The molecule has 12 N–H and O–H groups in total. The fourth-order valence-corrected chi connectivity index (χ4v) is 5.53. The van der Waals surface area contributed by atoms with E-state index in [0.29, 0.717) is 0 Å². The van der Waals surface area contributed by atoms with Gasteiger partial charge < -0.3 is 62.9 Å². The fourth-order valence-electron chi connectivity index (χ4n) is 5.53. The smallest absolute Gasteiger partial charge is 0.430 e. The minimum Gasteiger partial charge on any atom is -0.542 e. The van der Waals surface area contributed by atoms with E-state index in [1.807, 2.05) is 13.8 Å². The van der Waals surface area contributed by atoms with Crippen molar-refractivity contribution in [1.82, 2.24) is 31.9 Å². The number of quaternary nitrogens is 1. The fraction of sp³-hybridized carbons (Fsp3) is 0.737. The number of carbonyl (C=O) groups is 10. The van der Waals surface area contributed by atoms with Crippen molar-refractivity contribution >= 4 is 59.3 Å². The number of nitrogens with one attached hydrogen (secondary N) is 6. The van der Waals surface area contributed by atoms with Crippen LogP contribution in [0.1, 0.15) is 119 Å². The van der Waals surface area contributed by atoms with Gasteiger partial charge in [0, 0.05) is 81.2 Å². The van der Waals surface area contributed by atoms with Gasteiger partial charge in [0.25, 0.3) is 0 Å². The van der Waals surface area contributed by atoms with E-state index in [2.05, 4.69) is 37.6 Å². The summed E-state index contributed by atoms with van der Waals surface area (Å²) in [6, 6.07) is -4.26. The molecule has 0 radical (unpaired) electrons. The Labute approximate surface area is 357 Å². The van der Waals surface area contributed by atoms with Gasteiger partial charge in [-0.05, 0) is 45.4 Å². The zero-order valence-corrected chi connectivity index (χ0v) is 36.1. The van der Waals surface area contributed by atoms with Crippen LogP contribution >= 0.6 is 0 Å². The van der Waals surface area contributed by atoms with E-state index in [0.717, 1.165) is 0 Å². The maximum atomic E-state index is 13.1. The largest absolute Gasteiger partial charge is 0.542 e. The number of halogens is 3. The molecular weight excluding hydrogens is 835 g/mol. The minimum absolute atomic E-state index is 0.0278. The summed E-state index contributed by atoms with van der Waals surface area (Å²) in [6.07, 6.45) is -7.00. The minimum atomic E-state index is -5.19. The Hall–Kier alpha value is -5.55. The molecule has 0 aromatic carbocycles. The molecule has 0 fully saturated rings. The zero-order chi connectivity index (χ0) is 48.5. The average Bonchev–Trinajstić information content (AvgIpc) is 3.07. The Bertz CT molecular complexity index is 1530. The van der Waals surface area contributed by atoms with E-state index in [9.17, 15) is 61.4 Å². The van der Waals surface area contributed by atoms with E-state index in [4.69, 9.17) is 20.1 Å². The molecule has 0 rings (SSSR count). The van der Waals surface area contributed by atoms with Crippen LogP contribution in [-0.4, -0.2) is 123 Å². The summed E-state index contributed by atoms with van der Waals surface area (Å²) >= 11 is 0. The lowest BCUT2D eigenvalue weighted by Crippen LogP contribution is -2.60. The molecule has 21 nitrogen and oxygen atoms in total. The van der Waals surface area contributed by atoms with Gasteiger partial charge in [-0.15, -0.1) is 0 Å². The molecule has 0 aliphatic heterocycles. The van der Waals surface area contributed by atoms with E-state index >= 15 is 0 Å². The number of carbonyl (C=O) groups excluding carboxylic acids is 7. The first-order chi connectivity index (χ1) is 28.4. The third-order valence-electron chi connectivity index (χ3n) is 8.67. The number of rotatable bonds is 28. The summed E-state index contributed by atoms with van der Waals surface area (Å²) < 4.78 is 31.5. The zero-order valence-electron chi connectivity index (χ0n) is 36.1. The Morgan fingerprint density at radius 2 is 0.790 bits per heavy atom. The molecule has 7 atom stereocenters. The van der Waals surface area contributed by atoms with Gasteiger partial charge in [-0.2, -0.15) is 13.2 Å². The van der Waals surface area contributed by atoms with Crippen molar-refractivity contribution in [3.05, 3.63) is 0 Å². The second-order valence-electron chi connectivity index (χ2n) is 15.9. The summed E-state index contributed by atoms with van der Waals surface area (Å²) in [5.41, 5.74) is 3.80. The number of hydrogen-bond donors (Lipinski definition) is 10. The standard InChI is InChI=1S/C36H63N7O12.C2HF3O2/c1-19(2)26(43-31(47)15-24(8-10-34(50)51)40-33(49)18-27(20(3)4)42-28(44)12-21(5)37)17-32(48)39-22(6)13-29(45)38-23(7)14-30(46)41-25(16-36(54)55)9-11-35(52)53;3-2(4,5)1(6)7/h19-27H,8-18,37H2,1-7H3,(H,38,45)(H,39,48)(H,40,49)(H,41,46)(H,42,44)(H,43,47)(H,50,51)(H,52,53)(H,54,55);(H,6,7)/t21-,22-,23-,24-,25-,26+,27+;/m0./s1. The first-order valence-corrected chi connectivity index (χ1v) is 19.9. The average molecular weight is 900 g/mol. The van der Waals surface area contributed by atoms with Crippen molar-refractivity contribution in [1.29, 1.82) is 0 Å². The molecule has 0 heterocycles. The molecule has 6 amide bonds. The van der Waals surface area contributed by atoms with Crippen molar-refractivity contribution < 1.29 is 87.3 Å². The second kappa shape index (κ2) is 29.7. The lowest BCUT2D eigenvalue weighted by molar-refractivity contribution is -0.412. The number of carboxylic acids is 4. The van der Waals surface area contributed by atoms with Crippen LogP contribution in [0.15, 0.2) is 0 Å². The van der Waals surface area contributed by atoms with Crippen molar-refractivity contribution in [2.24, 2.45) is 11.8 Å².